The van der Waals surface area contributed by atoms with E-state index in [0.29, 0.717) is 20.1 Å². The molecule has 0 spiro atoms. The molecule has 3 aromatic carbocycles. The van der Waals surface area contributed by atoms with Gasteiger partial charge in [0.2, 0.25) is 0 Å². The minimum atomic E-state index is -4.75. The molecule has 0 N–H and O–H groups in total. The Morgan fingerprint density at radius 1 is 0.938 bits per heavy atom. The molecule has 3 heterocycles. The fourth-order valence-electron chi connectivity index (χ4n) is 6.51. The number of rotatable bonds is 5. The normalized spacial score (nSPS) is 18.9. The average Bonchev–Trinajstić information content (AvgIpc) is 3.68. The lowest BCUT2D eigenvalue weighted by Gasteiger charge is -2.29. The summed E-state index contributed by atoms with van der Waals surface area (Å²) in [5, 5.41) is 11.6. The van der Waals surface area contributed by atoms with Gasteiger partial charge in [0.1, 0.15) is 0 Å². The topological polar surface area (TPSA) is 62.9 Å². The van der Waals surface area contributed by atoms with E-state index in [1.165, 1.54) is 11.1 Å². The van der Waals surface area contributed by atoms with Gasteiger partial charge in [-0.3, -0.25) is 4.79 Å². The number of carbonyl (C=O) groups is 1. The van der Waals surface area contributed by atoms with E-state index in [2.05, 4.69) is 10.1 Å². The van der Waals surface area contributed by atoms with E-state index in [9.17, 15) is 18.0 Å². The van der Waals surface area contributed by atoms with Crippen molar-refractivity contribution in [2.24, 2.45) is 11.0 Å². The largest absolute Gasteiger partial charge is 0.433 e. The number of amides is 1. The van der Waals surface area contributed by atoms with Gasteiger partial charge in [0.25, 0.3) is 5.91 Å². The number of hydrazone groups is 1. The van der Waals surface area contributed by atoms with Crippen LogP contribution >= 0.6 is 23.2 Å². The summed E-state index contributed by atoms with van der Waals surface area (Å²) in [6, 6.07) is 23.7. The molecule has 1 aliphatic heterocycles. The summed E-state index contributed by atoms with van der Waals surface area (Å²) >= 11 is 12.3. The fourth-order valence-corrected chi connectivity index (χ4v) is 6.76. The summed E-state index contributed by atoms with van der Waals surface area (Å²) < 4.78 is 44.0. The number of benzene rings is 3. The van der Waals surface area contributed by atoms with E-state index in [4.69, 9.17) is 28.3 Å². The Labute approximate surface area is 285 Å². The molecule has 6 nitrogen and oxygen atoms in total. The summed E-state index contributed by atoms with van der Waals surface area (Å²) in [5.41, 5.74) is 3.94. The van der Waals surface area contributed by atoms with Gasteiger partial charge in [0.05, 0.1) is 17.4 Å². The van der Waals surface area contributed by atoms with Crippen molar-refractivity contribution < 1.29 is 18.0 Å². The maximum absolute atomic E-state index is 14.4. The molecular formula is C37H30Cl2F3N5O. The Bertz CT molecular complexity index is 2070. The molecule has 2 atom stereocenters. The lowest BCUT2D eigenvalue weighted by Crippen LogP contribution is -2.32. The number of halogens is 5. The van der Waals surface area contributed by atoms with Crippen LogP contribution in [0.5, 0.6) is 0 Å². The summed E-state index contributed by atoms with van der Waals surface area (Å²) in [5.74, 6) is -0.491. The SMILES string of the molecule is CC(C)c1ccc(-c2cc(C(F)(F)F)n3nc(C(=O)N4N=C5/C(=C/c6ccc(Cl)cc6)CCC[C@@H]5[C@H]4c4ccc(Cl)cc4)cc3n2)cc1. The number of fused-ring (bicyclic) bond motifs is 2. The van der Waals surface area contributed by atoms with Crippen molar-refractivity contribution >= 4 is 46.5 Å². The number of allylic oxidation sites excluding steroid dienone is 1. The maximum atomic E-state index is 14.4. The second-order valence-electron chi connectivity index (χ2n) is 12.5. The lowest BCUT2D eigenvalue weighted by atomic mass is 9.77. The molecule has 5 aromatic rings. The van der Waals surface area contributed by atoms with Crippen LogP contribution in [0.25, 0.3) is 23.0 Å². The van der Waals surface area contributed by atoms with Crippen LogP contribution in [0, 0.1) is 5.92 Å². The molecule has 11 heteroatoms. The Morgan fingerprint density at radius 2 is 1.60 bits per heavy atom. The molecule has 1 amide bonds. The smallest absolute Gasteiger partial charge is 0.265 e. The summed E-state index contributed by atoms with van der Waals surface area (Å²) in [4.78, 5) is 18.8. The van der Waals surface area contributed by atoms with Crippen molar-refractivity contribution in [1.82, 2.24) is 19.6 Å². The van der Waals surface area contributed by atoms with Gasteiger partial charge in [0.15, 0.2) is 17.0 Å². The molecular weight excluding hydrogens is 658 g/mol. The van der Waals surface area contributed by atoms with Crippen LogP contribution in [0.3, 0.4) is 0 Å². The van der Waals surface area contributed by atoms with Gasteiger partial charge in [0, 0.05) is 27.6 Å². The number of aromatic nitrogens is 3. The van der Waals surface area contributed by atoms with E-state index < -0.39 is 23.8 Å². The average molecular weight is 689 g/mol. The van der Waals surface area contributed by atoms with Crippen LogP contribution in [-0.4, -0.2) is 31.2 Å². The summed E-state index contributed by atoms with van der Waals surface area (Å²) in [6.07, 6.45) is -0.285. The van der Waals surface area contributed by atoms with E-state index in [0.717, 1.165) is 53.3 Å². The minimum absolute atomic E-state index is 0.0910. The van der Waals surface area contributed by atoms with Crippen LogP contribution in [0.15, 0.2) is 95.6 Å². The van der Waals surface area contributed by atoms with Crippen molar-refractivity contribution in [3.05, 3.63) is 129 Å². The first-order valence-electron chi connectivity index (χ1n) is 15.7. The highest BCUT2D eigenvalue weighted by atomic mass is 35.5. The van der Waals surface area contributed by atoms with Gasteiger partial charge >= 0.3 is 6.18 Å². The first kappa shape index (κ1) is 32.1. The van der Waals surface area contributed by atoms with Crippen LogP contribution in [0.1, 0.15) is 77.9 Å². The van der Waals surface area contributed by atoms with Crippen molar-refractivity contribution in [2.45, 2.75) is 51.2 Å². The first-order valence-corrected chi connectivity index (χ1v) is 16.4. The molecule has 2 aromatic heterocycles. The molecule has 2 aliphatic rings. The van der Waals surface area contributed by atoms with Crippen LogP contribution < -0.4 is 0 Å². The third-order valence-corrected chi connectivity index (χ3v) is 9.45. The molecule has 0 radical (unpaired) electrons. The predicted molar refractivity (Wildman–Crippen MR) is 182 cm³/mol. The number of hydrogen-bond donors (Lipinski definition) is 0. The summed E-state index contributed by atoms with van der Waals surface area (Å²) in [6.45, 7) is 4.08. The van der Waals surface area contributed by atoms with E-state index >= 15 is 0 Å². The van der Waals surface area contributed by atoms with Crippen LogP contribution in [-0.2, 0) is 6.18 Å². The van der Waals surface area contributed by atoms with Crippen molar-refractivity contribution in [2.75, 3.05) is 0 Å². The van der Waals surface area contributed by atoms with Crippen molar-refractivity contribution in [3.8, 4) is 11.3 Å². The summed E-state index contributed by atoms with van der Waals surface area (Å²) in [7, 11) is 0. The number of nitrogens with zero attached hydrogens (tertiary/aromatic N) is 5. The third kappa shape index (κ3) is 6.13. The highest BCUT2D eigenvalue weighted by molar-refractivity contribution is 6.30. The number of hydrogen-bond acceptors (Lipinski definition) is 4. The van der Waals surface area contributed by atoms with E-state index in [1.54, 1.807) is 24.3 Å². The predicted octanol–water partition coefficient (Wildman–Crippen LogP) is 10.3. The van der Waals surface area contributed by atoms with Crippen molar-refractivity contribution in [3.63, 3.8) is 0 Å². The zero-order valence-corrected chi connectivity index (χ0v) is 27.6. The molecule has 1 saturated carbocycles. The Hall–Kier alpha value is -4.47. The van der Waals surface area contributed by atoms with Gasteiger partial charge < -0.3 is 0 Å². The Balaban J connectivity index is 1.32. The quantitative estimate of drug-likeness (QED) is 0.185. The monoisotopic (exact) mass is 687 g/mol. The second kappa shape index (κ2) is 12.5. The molecule has 0 unspecified atom stereocenters. The lowest BCUT2D eigenvalue weighted by molar-refractivity contribution is -0.142. The number of alkyl halides is 3. The Morgan fingerprint density at radius 3 is 2.25 bits per heavy atom. The standard InChI is InChI=1S/C37H30Cl2F3N5O/c1-21(2)23-8-10-24(11-9-23)30-19-32(37(40,41)42)46-33(43-30)20-31(44-46)36(48)47-35(25-12-16-28(39)17-13-25)29-5-3-4-26(34(29)45-47)18-22-6-14-27(38)15-7-22/h6-21,29,35H,3-5H2,1-2H3/b26-18+/t29-,35+/m0/s1. The van der Waals surface area contributed by atoms with Crippen LogP contribution in [0.4, 0.5) is 13.2 Å². The van der Waals surface area contributed by atoms with Gasteiger partial charge in [-0.05, 0) is 83.9 Å². The molecule has 1 fully saturated rings. The zero-order chi connectivity index (χ0) is 33.7. The van der Waals surface area contributed by atoms with Gasteiger partial charge in [-0.25, -0.2) is 14.5 Å². The molecule has 7 rings (SSSR count). The van der Waals surface area contributed by atoms with Crippen molar-refractivity contribution in [1.29, 1.82) is 0 Å². The second-order valence-corrected chi connectivity index (χ2v) is 13.3. The first-order chi connectivity index (χ1) is 23.0. The third-order valence-electron chi connectivity index (χ3n) is 8.94. The van der Waals surface area contributed by atoms with Gasteiger partial charge in [-0.15, -0.1) is 0 Å². The number of carbonyl (C=O) groups excluding carboxylic acids is 1. The molecule has 1 aliphatic carbocycles. The highest BCUT2D eigenvalue weighted by Gasteiger charge is 2.45. The highest BCUT2D eigenvalue weighted by Crippen LogP contribution is 2.45. The van der Waals surface area contributed by atoms with E-state index in [1.807, 2.05) is 68.5 Å². The van der Waals surface area contributed by atoms with Gasteiger partial charge in [-0.2, -0.15) is 23.4 Å². The molecule has 0 bridgehead atoms. The van der Waals surface area contributed by atoms with Crippen LogP contribution in [0.2, 0.25) is 10.0 Å². The van der Waals surface area contributed by atoms with E-state index in [-0.39, 0.29) is 28.9 Å². The minimum Gasteiger partial charge on any atom is -0.265 e. The maximum Gasteiger partial charge on any atom is 0.433 e. The molecule has 244 valence electrons. The zero-order valence-electron chi connectivity index (χ0n) is 26.0. The fraction of sp³-hybridized carbons (Fsp3) is 0.243. The molecule has 48 heavy (non-hydrogen) atoms. The molecule has 0 saturated heterocycles. The Kier molecular flexibility index (Phi) is 8.37. The van der Waals surface area contributed by atoms with Gasteiger partial charge in [-0.1, -0.05) is 85.6 Å².